The summed E-state index contributed by atoms with van der Waals surface area (Å²) >= 11 is 1.65. The van der Waals surface area contributed by atoms with Crippen molar-refractivity contribution in [3.05, 3.63) is 29.8 Å². The predicted octanol–water partition coefficient (Wildman–Crippen LogP) is 2.38. The van der Waals surface area contributed by atoms with E-state index in [1.165, 1.54) is 0 Å². The maximum Gasteiger partial charge on any atom is 0.240 e. The van der Waals surface area contributed by atoms with Crippen molar-refractivity contribution in [1.82, 2.24) is 5.32 Å². The van der Waals surface area contributed by atoms with Gasteiger partial charge in [0.15, 0.2) is 0 Å². The fourth-order valence-electron chi connectivity index (χ4n) is 1.80. The van der Waals surface area contributed by atoms with E-state index < -0.39 is 34.1 Å². The van der Waals surface area contributed by atoms with Gasteiger partial charge in [-0.15, -0.1) is 0 Å². The van der Waals surface area contributed by atoms with Crippen LogP contribution in [0.3, 0.4) is 0 Å². The normalized spacial score (nSPS) is 12.1. The van der Waals surface area contributed by atoms with Gasteiger partial charge in [0.05, 0.1) is 11.9 Å². The minimum atomic E-state index is -3.90. The number of halogens is 2. The Balaban J connectivity index is 2.76. The predicted molar refractivity (Wildman–Crippen MR) is 93.8 cm³/mol. The molecule has 1 amide bonds. The van der Waals surface area contributed by atoms with Gasteiger partial charge in [-0.3, -0.25) is 9.10 Å². The molecule has 1 aromatic rings. The Morgan fingerprint density at radius 3 is 2.42 bits per heavy atom. The summed E-state index contributed by atoms with van der Waals surface area (Å²) in [5.74, 6) is -1.76. The van der Waals surface area contributed by atoms with Gasteiger partial charge in [-0.25, -0.2) is 17.2 Å². The Labute approximate surface area is 145 Å². The monoisotopic (exact) mass is 380 g/mol. The maximum atomic E-state index is 13.8. The molecule has 9 heteroatoms. The number of nitrogens with zero attached hydrogens (tertiary/aromatic N) is 1. The van der Waals surface area contributed by atoms with Crippen LogP contribution in [0, 0.1) is 11.6 Å². The van der Waals surface area contributed by atoms with Gasteiger partial charge in [-0.05, 0) is 12.1 Å². The number of anilines is 1. The lowest BCUT2D eigenvalue weighted by atomic mass is 10.3. The van der Waals surface area contributed by atoms with Gasteiger partial charge in [-0.2, -0.15) is 11.8 Å². The van der Waals surface area contributed by atoms with E-state index in [4.69, 9.17) is 0 Å². The van der Waals surface area contributed by atoms with Crippen LogP contribution in [-0.4, -0.2) is 44.2 Å². The van der Waals surface area contributed by atoms with Gasteiger partial charge in [-0.1, -0.05) is 20.8 Å². The molecule has 0 aliphatic rings. The van der Waals surface area contributed by atoms with Crippen LogP contribution in [0.1, 0.15) is 20.8 Å². The average molecular weight is 380 g/mol. The molecule has 0 aromatic heterocycles. The Morgan fingerprint density at radius 2 is 1.92 bits per heavy atom. The first-order valence-corrected chi connectivity index (χ1v) is 10.1. The van der Waals surface area contributed by atoms with Gasteiger partial charge in [0.2, 0.25) is 15.9 Å². The molecule has 0 heterocycles. The number of nitrogens with one attached hydrogen (secondary N) is 1. The molecule has 0 aliphatic carbocycles. The first kappa shape index (κ1) is 20.7. The highest BCUT2D eigenvalue weighted by molar-refractivity contribution is 8.00. The summed E-state index contributed by atoms with van der Waals surface area (Å²) in [4.78, 5) is 12.0. The number of rotatable bonds is 7. The largest absolute Gasteiger partial charge is 0.354 e. The van der Waals surface area contributed by atoms with Crippen LogP contribution in [0.2, 0.25) is 0 Å². The lowest BCUT2D eigenvalue weighted by molar-refractivity contribution is -0.119. The lowest BCUT2D eigenvalue weighted by Crippen LogP contribution is -2.41. The zero-order valence-electron chi connectivity index (χ0n) is 14.1. The molecular weight excluding hydrogens is 358 g/mol. The highest BCUT2D eigenvalue weighted by Gasteiger charge is 2.24. The molecule has 0 saturated heterocycles. The van der Waals surface area contributed by atoms with E-state index >= 15 is 0 Å². The number of hydrogen-bond acceptors (Lipinski definition) is 4. The summed E-state index contributed by atoms with van der Waals surface area (Å²) in [6.07, 6.45) is 0.860. The van der Waals surface area contributed by atoms with Crippen molar-refractivity contribution < 1.29 is 22.0 Å². The smallest absolute Gasteiger partial charge is 0.240 e. The number of sulfonamides is 1. The van der Waals surface area contributed by atoms with Gasteiger partial charge >= 0.3 is 0 Å². The number of amides is 1. The lowest BCUT2D eigenvalue weighted by Gasteiger charge is -2.22. The Kier molecular flexibility index (Phi) is 7.03. The number of carbonyl (C=O) groups is 1. The standard InChI is InChI=1S/C15H22F2N2O3S2/c1-15(2,3)23-8-7-18-14(20)10-19(24(4,21)22)13-6-5-11(16)9-12(13)17/h5-6,9H,7-8,10H2,1-4H3,(H,18,20). The van der Waals surface area contributed by atoms with Crippen LogP contribution in [0.25, 0.3) is 0 Å². The second-order valence-electron chi connectivity index (χ2n) is 6.18. The van der Waals surface area contributed by atoms with Gasteiger partial charge < -0.3 is 5.32 Å². The number of carbonyl (C=O) groups excluding carboxylic acids is 1. The van der Waals surface area contributed by atoms with Crippen LogP contribution >= 0.6 is 11.8 Å². The summed E-state index contributed by atoms with van der Waals surface area (Å²) in [6.45, 7) is 5.93. The molecule has 24 heavy (non-hydrogen) atoms. The molecule has 5 nitrogen and oxygen atoms in total. The highest BCUT2D eigenvalue weighted by Crippen LogP contribution is 2.23. The van der Waals surface area contributed by atoms with Crippen molar-refractivity contribution in [2.24, 2.45) is 0 Å². The zero-order valence-corrected chi connectivity index (χ0v) is 15.7. The fourth-order valence-corrected chi connectivity index (χ4v) is 3.47. The van der Waals surface area contributed by atoms with Crippen LogP contribution in [0.5, 0.6) is 0 Å². The van der Waals surface area contributed by atoms with E-state index in [1.807, 2.05) is 20.8 Å². The van der Waals surface area contributed by atoms with E-state index in [2.05, 4.69) is 5.32 Å². The number of thioether (sulfide) groups is 1. The molecule has 136 valence electrons. The summed E-state index contributed by atoms with van der Waals surface area (Å²) in [7, 11) is -3.90. The van der Waals surface area contributed by atoms with Crippen molar-refractivity contribution in [2.75, 3.05) is 29.4 Å². The molecule has 0 unspecified atom stereocenters. The first-order chi connectivity index (χ1) is 10.9. The maximum absolute atomic E-state index is 13.8. The molecule has 0 aliphatic heterocycles. The van der Waals surface area contributed by atoms with E-state index in [0.29, 0.717) is 22.7 Å². The molecule has 1 aromatic carbocycles. The average Bonchev–Trinajstić information content (AvgIpc) is 2.39. The minimum absolute atomic E-state index is 0.0563. The first-order valence-electron chi connectivity index (χ1n) is 7.23. The second-order valence-corrected chi connectivity index (χ2v) is 10.0. The third-order valence-electron chi connectivity index (χ3n) is 2.83. The number of benzene rings is 1. The van der Waals surface area contributed by atoms with E-state index in [0.717, 1.165) is 18.4 Å². The topological polar surface area (TPSA) is 66.5 Å². The summed E-state index contributed by atoms with van der Waals surface area (Å²) in [6, 6.07) is 2.51. The van der Waals surface area contributed by atoms with Crippen LogP contribution in [-0.2, 0) is 14.8 Å². The molecule has 0 bridgehead atoms. The molecule has 0 fully saturated rings. The summed E-state index contributed by atoms with van der Waals surface area (Å²) < 4.78 is 51.2. The Hall–Kier alpha value is -1.35. The fraction of sp³-hybridized carbons (Fsp3) is 0.533. The van der Waals surface area contributed by atoms with Crippen molar-refractivity contribution in [2.45, 2.75) is 25.5 Å². The molecule has 1 rings (SSSR count). The summed E-state index contributed by atoms with van der Waals surface area (Å²) in [5.41, 5.74) is -0.363. The van der Waals surface area contributed by atoms with Crippen LogP contribution in [0.4, 0.5) is 14.5 Å². The molecule has 0 spiro atoms. The van der Waals surface area contributed by atoms with Gasteiger partial charge in [0.25, 0.3) is 0 Å². The van der Waals surface area contributed by atoms with Gasteiger partial charge in [0, 0.05) is 23.1 Å². The van der Waals surface area contributed by atoms with E-state index in [9.17, 15) is 22.0 Å². The van der Waals surface area contributed by atoms with Crippen molar-refractivity contribution in [3.63, 3.8) is 0 Å². The van der Waals surface area contributed by atoms with Crippen molar-refractivity contribution >= 4 is 33.4 Å². The quantitative estimate of drug-likeness (QED) is 0.738. The van der Waals surface area contributed by atoms with Crippen LogP contribution in [0.15, 0.2) is 18.2 Å². The second kappa shape index (κ2) is 8.15. The Morgan fingerprint density at radius 1 is 1.29 bits per heavy atom. The van der Waals surface area contributed by atoms with Gasteiger partial charge in [0.1, 0.15) is 18.2 Å². The zero-order chi connectivity index (χ0) is 18.5. The van der Waals surface area contributed by atoms with E-state index in [-0.39, 0.29) is 10.4 Å². The third-order valence-corrected chi connectivity index (χ3v) is 5.23. The van der Waals surface area contributed by atoms with Crippen LogP contribution < -0.4 is 9.62 Å². The summed E-state index contributed by atoms with van der Waals surface area (Å²) in [5, 5.41) is 2.60. The number of hydrogen-bond donors (Lipinski definition) is 1. The highest BCUT2D eigenvalue weighted by atomic mass is 32.2. The molecule has 0 saturated carbocycles. The Bertz CT molecular complexity index is 688. The third kappa shape index (κ3) is 7.04. The van der Waals surface area contributed by atoms with E-state index in [1.54, 1.807) is 11.8 Å². The van der Waals surface area contributed by atoms with Crippen molar-refractivity contribution in [3.8, 4) is 0 Å². The molecule has 0 radical (unpaired) electrons. The molecule has 0 atom stereocenters. The molecule has 1 N–H and O–H groups in total. The minimum Gasteiger partial charge on any atom is -0.354 e. The molecular formula is C15H22F2N2O3S2. The SMILES string of the molecule is CC(C)(C)SCCNC(=O)CN(c1ccc(F)cc1F)S(C)(=O)=O. The van der Waals surface area contributed by atoms with Crippen molar-refractivity contribution in [1.29, 1.82) is 0 Å².